The number of aryl methyl sites for hydroxylation is 1. The lowest BCUT2D eigenvalue weighted by Gasteiger charge is -1.90. The largest absolute Gasteiger partial charge is 0.0923 e. The highest BCUT2D eigenvalue weighted by Gasteiger charge is 1.83. The Hall–Kier alpha value is -1.19. The van der Waals surface area contributed by atoms with Gasteiger partial charge in [0.1, 0.15) is 0 Å². The van der Waals surface area contributed by atoms with E-state index in [2.05, 4.69) is 18.8 Å². The van der Waals surface area contributed by atoms with E-state index in [0.29, 0.717) is 0 Å². The second-order valence-electron chi connectivity index (χ2n) is 2.43. The third kappa shape index (κ3) is 2.82. The Morgan fingerprint density at radius 1 is 1.25 bits per heavy atom. The van der Waals surface area contributed by atoms with Crippen LogP contribution < -0.4 is 0 Å². The molecule has 0 aliphatic rings. The first-order valence-electron chi connectivity index (χ1n) is 3.66. The third-order valence-corrected chi connectivity index (χ3v) is 1.54. The molecular formula is C11H9Cl. The SMILES string of the molecule is Cc1ccc(C#C/C=C\Cl)cc1. The van der Waals surface area contributed by atoms with Gasteiger partial charge in [0, 0.05) is 11.1 Å². The van der Waals surface area contributed by atoms with Gasteiger partial charge in [-0.25, -0.2) is 0 Å². The van der Waals surface area contributed by atoms with Gasteiger partial charge < -0.3 is 0 Å². The van der Waals surface area contributed by atoms with Crippen molar-refractivity contribution in [3.8, 4) is 11.8 Å². The van der Waals surface area contributed by atoms with Crippen LogP contribution in [0.1, 0.15) is 11.1 Å². The first-order valence-corrected chi connectivity index (χ1v) is 4.10. The molecule has 1 heteroatoms. The molecule has 0 saturated carbocycles. The number of rotatable bonds is 0. The summed E-state index contributed by atoms with van der Waals surface area (Å²) in [6.45, 7) is 2.05. The smallest absolute Gasteiger partial charge is 0.0249 e. The lowest BCUT2D eigenvalue weighted by Crippen LogP contribution is -1.73. The van der Waals surface area contributed by atoms with Crippen LogP contribution >= 0.6 is 11.6 Å². The van der Waals surface area contributed by atoms with E-state index in [1.807, 2.05) is 24.3 Å². The quantitative estimate of drug-likeness (QED) is 0.533. The number of allylic oxidation sites excluding steroid dienone is 1. The van der Waals surface area contributed by atoms with E-state index in [0.717, 1.165) is 5.56 Å². The van der Waals surface area contributed by atoms with E-state index >= 15 is 0 Å². The Kier molecular flexibility index (Phi) is 3.44. The molecule has 0 nitrogen and oxygen atoms in total. The summed E-state index contributed by atoms with van der Waals surface area (Å²) in [5.74, 6) is 5.76. The van der Waals surface area contributed by atoms with Crippen LogP contribution in [0, 0.1) is 18.8 Å². The van der Waals surface area contributed by atoms with Crippen molar-refractivity contribution in [1.82, 2.24) is 0 Å². The minimum Gasteiger partial charge on any atom is -0.0923 e. The zero-order valence-corrected chi connectivity index (χ0v) is 7.60. The van der Waals surface area contributed by atoms with Gasteiger partial charge in [-0.2, -0.15) is 0 Å². The van der Waals surface area contributed by atoms with Gasteiger partial charge in [-0.1, -0.05) is 41.1 Å². The third-order valence-electron chi connectivity index (χ3n) is 1.41. The van der Waals surface area contributed by atoms with Crippen LogP contribution in [-0.2, 0) is 0 Å². The maximum absolute atomic E-state index is 5.31. The molecule has 0 fully saturated rings. The van der Waals surface area contributed by atoms with Crippen LogP contribution in [0.15, 0.2) is 35.9 Å². The van der Waals surface area contributed by atoms with E-state index in [1.54, 1.807) is 6.08 Å². The summed E-state index contributed by atoms with van der Waals surface area (Å²) < 4.78 is 0. The molecule has 0 aromatic heterocycles. The summed E-state index contributed by atoms with van der Waals surface area (Å²) in [4.78, 5) is 0. The number of hydrogen-bond donors (Lipinski definition) is 0. The van der Waals surface area contributed by atoms with Crippen molar-refractivity contribution >= 4 is 11.6 Å². The summed E-state index contributed by atoms with van der Waals surface area (Å²) in [5, 5.41) is 0. The maximum atomic E-state index is 5.31. The molecule has 0 aliphatic heterocycles. The van der Waals surface area contributed by atoms with E-state index in [-0.39, 0.29) is 0 Å². The van der Waals surface area contributed by atoms with Gasteiger partial charge in [0.05, 0.1) is 0 Å². The molecule has 12 heavy (non-hydrogen) atoms. The summed E-state index contributed by atoms with van der Waals surface area (Å²) in [5.41, 5.74) is 3.66. The van der Waals surface area contributed by atoms with E-state index in [4.69, 9.17) is 11.6 Å². The molecule has 0 bridgehead atoms. The minimum absolute atomic E-state index is 1.01. The first kappa shape index (κ1) is 8.90. The summed E-state index contributed by atoms with van der Waals surface area (Å²) >= 11 is 5.31. The van der Waals surface area contributed by atoms with Crippen molar-refractivity contribution in [2.75, 3.05) is 0 Å². The van der Waals surface area contributed by atoms with E-state index in [9.17, 15) is 0 Å². The monoisotopic (exact) mass is 176 g/mol. The molecule has 0 N–H and O–H groups in total. The zero-order chi connectivity index (χ0) is 8.81. The molecule has 0 heterocycles. The zero-order valence-electron chi connectivity index (χ0n) is 6.84. The topological polar surface area (TPSA) is 0 Å². The molecular weight excluding hydrogens is 168 g/mol. The predicted octanol–water partition coefficient (Wildman–Crippen LogP) is 3.10. The molecule has 0 spiro atoms. The molecule has 1 aromatic rings. The van der Waals surface area contributed by atoms with Crippen molar-refractivity contribution < 1.29 is 0 Å². The van der Waals surface area contributed by atoms with Crippen LogP contribution in [-0.4, -0.2) is 0 Å². The van der Waals surface area contributed by atoms with Gasteiger partial charge in [0.15, 0.2) is 0 Å². The van der Waals surface area contributed by atoms with Crippen molar-refractivity contribution in [2.45, 2.75) is 6.92 Å². The van der Waals surface area contributed by atoms with Crippen molar-refractivity contribution in [2.24, 2.45) is 0 Å². The minimum atomic E-state index is 1.01. The Morgan fingerprint density at radius 3 is 2.50 bits per heavy atom. The predicted molar refractivity (Wildman–Crippen MR) is 53.1 cm³/mol. The second kappa shape index (κ2) is 4.64. The Bertz CT molecular complexity index is 322. The van der Waals surface area contributed by atoms with Crippen molar-refractivity contribution in [3.63, 3.8) is 0 Å². The Labute approximate surface area is 77.9 Å². The first-order chi connectivity index (χ1) is 5.83. The van der Waals surface area contributed by atoms with Gasteiger partial charge in [0.2, 0.25) is 0 Å². The molecule has 0 unspecified atom stereocenters. The fourth-order valence-electron chi connectivity index (χ4n) is 0.793. The molecule has 1 rings (SSSR count). The van der Waals surface area contributed by atoms with Crippen molar-refractivity contribution in [1.29, 1.82) is 0 Å². The highest BCUT2D eigenvalue weighted by atomic mass is 35.5. The van der Waals surface area contributed by atoms with Crippen LogP contribution in [0.4, 0.5) is 0 Å². The van der Waals surface area contributed by atoms with E-state index in [1.165, 1.54) is 11.1 Å². The van der Waals surface area contributed by atoms with Crippen LogP contribution in [0.3, 0.4) is 0 Å². The molecule has 60 valence electrons. The van der Waals surface area contributed by atoms with Crippen LogP contribution in [0.5, 0.6) is 0 Å². The fourth-order valence-corrected chi connectivity index (χ4v) is 0.856. The molecule has 0 saturated heterocycles. The summed E-state index contributed by atoms with van der Waals surface area (Å²) in [7, 11) is 0. The number of hydrogen-bond acceptors (Lipinski definition) is 0. The average Bonchev–Trinajstić information content (AvgIpc) is 2.09. The normalized spacial score (nSPS) is 9.50. The highest BCUT2D eigenvalue weighted by Crippen LogP contribution is 2.00. The fraction of sp³-hybridized carbons (Fsp3) is 0.0909. The highest BCUT2D eigenvalue weighted by molar-refractivity contribution is 6.25. The second-order valence-corrected chi connectivity index (χ2v) is 2.68. The molecule has 0 amide bonds. The van der Waals surface area contributed by atoms with E-state index < -0.39 is 0 Å². The van der Waals surface area contributed by atoms with Gasteiger partial charge in [-0.3, -0.25) is 0 Å². The lowest BCUT2D eigenvalue weighted by molar-refractivity contribution is 1.46. The number of halogens is 1. The molecule has 1 aromatic carbocycles. The lowest BCUT2D eigenvalue weighted by atomic mass is 10.2. The van der Waals surface area contributed by atoms with Crippen LogP contribution in [0.2, 0.25) is 0 Å². The van der Waals surface area contributed by atoms with Gasteiger partial charge in [0.25, 0.3) is 0 Å². The molecule has 0 aliphatic carbocycles. The van der Waals surface area contributed by atoms with Crippen LogP contribution in [0.25, 0.3) is 0 Å². The summed E-state index contributed by atoms with van der Waals surface area (Å²) in [6, 6.07) is 8.05. The standard InChI is InChI=1S/C11H9Cl/c1-10-5-7-11(8-6-10)4-2-3-9-12/h3,5-9H,1H3/b9-3-. The van der Waals surface area contributed by atoms with Crippen molar-refractivity contribution in [3.05, 3.63) is 47.0 Å². The average molecular weight is 177 g/mol. The van der Waals surface area contributed by atoms with Gasteiger partial charge in [-0.15, -0.1) is 0 Å². The van der Waals surface area contributed by atoms with Gasteiger partial charge in [-0.05, 0) is 25.1 Å². The maximum Gasteiger partial charge on any atom is 0.0249 e. The van der Waals surface area contributed by atoms with Gasteiger partial charge >= 0.3 is 0 Å². The molecule has 0 atom stereocenters. The number of benzene rings is 1. The summed E-state index contributed by atoms with van der Waals surface area (Å²) in [6.07, 6.45) is 1.61. The Balaban J connectivity index is 2.79. The Morgan fingerprint density at radius 2 is 1.92 bits per heavy atom. The molecule has 0 radical (unpaired) electrons.